The molecule has 2 aromatic carbocycles. The molecular weight excluding hydrogens is 341 g/mol. The monoisotopic (exact) mass is 361 g/mol. The van der Waals surface area contributed by atoms with E-state index in [0.717, 1.165) is 43.4 Å². The molecule has 0 spiro atoms. The van der Waals surface area contributed by atoms with Crippen molar-refractivity contribution in [3.05, 3.63) is 70.4 Å². The molecule has 1 radical (unpaired) electrons. The van der Waals surface area contributed by atoms with Crippen LogP contribution in [0.1, 0.15) is 60.0 Å². The van der Waals surface area contributed by atoms with Crippen LogP contribution >= 0.6 is 0 Å². The van der Waals surface area contributed by atoms with Gasteiger partial charge >= 0.3 is 5.97 Å². The molecule has 5 heteroatoms. The van der Waals surface area contributed by atoms with Crippen molar-refractivity contribution in [3.63, 3.8) is 0 Å². The molecule has 26 heavy (non-hydrogen) atoms. The van der Waals surface area contributed by atoms with Gasteiger partial charge in [0.15, 0.2) is 0 Å². The third-order valence-electron chi connectivity index (χ3n) is 4.99. The number of carbonyl (C=O) groups excluding carboxylic acids is 1. The van der Waals surface area contributed by atoms with Crippen molar-refractivity contribution in [2.75, 3.05) is 0 Å². The molecule has 1 saturated carbocycles. The summed E-state index contributed by atoms with van der Waals surface area (Å²) < 4.78 is 46.4. The average molecular weight is 361 g/mol. The Morgan fingerprint density at radius 2 is 1.58 bits per heavy atom. The van der Waals surface area contributed by atoms with Crippen LogP contribution < -0.4 is 4.74 Å². The van der Waals surface area contributed by atoms with Gasteiger partial charge < -0.3 is 4.74 Å². The molecular formula is C21H20F3O2. The first kappa shape index (κ1) is 18.5. The van der Waals surface area contributed by atoms with Crippen molar-refractivity contribution in [1.82, 2.24) is 0 Å². The highest BCUT2D eigenvalue weighted by Gasteiger charge is 2.22. The first-order valence-electron chi connectivity index (χ1n) is 8.63. The number of hydrogen-bond acceptors (Lipinski definition) is 2. The quantitative estimate of drug-likeness (QED) is 0.504. The largest absolute Gasteiger partial charge is 0.423 e. The van der Waals surface area contributed by atoms with Gasteiger partial charge in [0.25, 0.3) is 0 Å². The van der Waals surface area contributed by atoms with Gasteiger partial charge in [-0.15, -0.1) is 0 Å². The first-order chi connectivity index (χ1) is 12.3. The number of rotatable bonds is 3. The van der Waals surface area contributed by atoms with E-state index in [1.54, 1.807) is 6.07 Å². The third kappa shape index (κ3) is 3.92. The maximum Gasteiger partial charge on any atom is 0.346 e. The molecule has 0 aromatic heterocycles. The molecule has 0 amide bonds. The van der Waals surface area contributed by atoms with E-state index in [2.05, 4.69) is 6.92 Å². The van der Waals surface area contributed by atoms with E-state index in [9.17, 15) is 18.0 Å². The Labute approximate surface area is 151 Å². The lowest BCUT2D eigenvalue weighted by atomic mass is 9.79. The van der Waals surface area contributed by atoms with Gasteiger partial charge in [0.05, 0.1) is 5.56 Å². The van der Waals surface area contributed by atoms with Crippen LogP contribution in [0, 0.1) is 30.3 Å². The summed E-state index contributed by atoms with van der Waals surface area (Å²) in [6, 6.07) is 6.27. The molecule has 0 N–H and O–H groups in total. The van der Waals surface area contributed by atoms with Crippen LogP contribution in [-0.2, 0) is 0 Å². The van der Waals surface area contributed by atoms with Crippen molar-refractivity contribution in [2.45, 2.75) is 45.4 Å². The molecule has 2 aromatic rings. The standard InChI is InChI=1S/C21H20F3O2/c1-12-3-5-14(6-4-12)15-7-8-17(20(24)9-15)21(25)26-16-10-18(22)13(2)19(23)11-16/h7-11,14H,3-6H2,1-2H3. The second-order valence-corrected chi connectivity index (χ2v) is 6.87. The predicted octanol–water partition coefficient (Wildman–Crippen LogP) is 5.88. The van der Waals surface area contributed by atoms with Gasteiger partial charge in [0, 0.05) is 17.7 Å². The fourth-order valence-corrected chi connectivity index (χ4v) is 3.24. The maximum atomic E-state index is 14.4. The molecule has 0 unspecified atom stereocenters. The number of carbonyl (C=O) groups is 1. The zero-order valence-corrected chi connectivity index (χ0v) is 14.7. The average Bonchev–Trinajstić information content (AvgIpc) is 2.60. The van der Waals surface area contributed by atoms with Gasteiger partial charge in [-0.05, 0) is 62.1 Å². The van der Waals surface area contributed by atoms with E-state index >= 15 is 0 Å². The number of halogens is 3. The van der Waals surface area contributed by atoms with Crippen LogP contribution in [0.15, 0.2) is 30.3 Å². The molecule has 1 fully saturated rings. The zero-order chi connectivity index (χ0) is 18.8. The summed E-state index contributed by atoms with van der Waals surface area (Å²) in [5.41, 5.74) is 0.438. The fourth-order valence-electron chi connectivity index (χ4n) is 3.24. The maximum absolute atomic E-state index is 14.4. The highest BCUT2D eigenvalue weighted by Crippen LogP contribution is 2.37. The number of hydrogen-bond donors (Lipinski definition) is 0. The van der Waals surface area contributed by atoms with Crippen LogP contribution in [-0.4, -0.2) is 5.97 Å². The Morgan fingerprint density at radius 1 is 0.962 bits per heavy atom. The molecule has 137 valence electrons. The molecule has 0 atom stereocenters. The fraction of sp³-hybridized carbons (Fsp3) is 0.333. The van der Waals surface area contributed by atoms with Crippen LogP contribution in [0.4, 0.5) is 13.2 Å². The highest BCUT2D eigenvalue weighted by atomic mass is 19.1. The normalized spacial score (nSPS) is 15.9. The van der Waals surface area contributed by atoms with Gasteiger partial charge in [-0.3, -0.25) is 0 Å². The molecule has 1 aliphatic carbocycles. The van der Waals surface area contributed by atoms with E-state index in [1.165, 1.54) is 25.0 Å². The zero-order valence-electron chi connectivity index (χ0n) is 14.7. The lowest BCUT2D eigenvalue weighted by Gasteiger charge is -2.26. The first-order valence-corrected chi connectivity index (χ1v) is 8.63. The Hall–Kier alpha value is -2.30. The lowest BCUT2D eigenvalue weighted by Crippen LogP contribution is -2.13. The van der Waals surface area contributed by atoms with E-state index in [-0.39, 0.29) is 22.8 Å². The smallest absolute Gasteiger partial charge is 0.346 e. The molecule has 0 heterocycles. The molecule has 2 nitrogen and oxygen atoms in total. The predicted molar refractivity (Wildman–Crippen MR) is 92.6 cm³/mol. The molecule has 0 saturated heterocycles. The second-order valence-electron chi connectivity index (χ2n) is 6.87. The Kier molecular flexibility index (Phi) is 5.35. The van der Waals surface area contributed by atoms with Gasteiger partial charge in [0.2, 0.25) is 0 Å². The number of ether oxygens (including phenoxy) is 1. The summed E-state index contributed by atoms with van der Waals surface area (Å²) in [7, 11) is 0. The summed E-state index contributed by atoms with van der Waals surface area (Å²) in [6.07, 6.45) is 4.00. The summed E-state index contributed by atoms with van der Waals surface area (Å²) in [6.45, 7) is 3.41. The second kappa shape index (κ2) is 7.52. The van der Waals surface area contributed by atoms with Crippen LogP contribution in [0.3, 0.4) is 0 Å². The van der Waals surface area contributed by atoms with Gasteiger partial charge in [-0.2, -0.15) is 0 Å². The minimum atomic E-state index is -0.982. The SMILES string of the molecule is C[C]1CCC(c2ccc(C(=O)Oc3cc(F)c(C)c(F)c3)c(F)c2)CC1. The summed E-state index contributed by atoms with van der Waals surface area (Å²) in [5.74, 6) is -1.88. The van der Waals surface area contributed by atoms with Crippen molar-refractivity contribution < 1.29 is 22.7 Å². The molecule has 3 rings (SSSR count). The summed E-state index contributed by atoms with van der Waals surface area (Å²) >= 11 is 0. The van der Waals surface area contributed by atoms with E-state index in [1.807, 2.05) is 0 Å². The van der Waals surface area contributed by atoms with E-state index in [4.69, 9.17) is 4.74 Å². The minimum absolute atomic E-state index is 0.166. The molecule has 1 aliphatic rings. The van der Waals surface area contributed by atoms with Gasteiger partial charge in [-0.25, -0.2) is 18.0 Å². The van der Waals surface area contributed by atoms with E-state index < -0.39 is 23.4 Å². The van der Waals surface area contributed by atoms with Gasteiger partial charge in [0.1, 0.15) is 23.2 Å². The molecule has 0 aliphatic heterocycles. The van der Waals surface area contributed by atoms with Crippen molar-refractivity contribution in [1.29, 1.82) is 0 Å². The summed E-state index contributed by atoms with van der Waals surface area (Å²) in [5, 5.41) is 0. The Morgan fingerprint density at radius 3 is 2.15 bits per heavy atom. The Balaban J connectivity index is 1.76. The Bertz CT molecular complexity index is 801. The van der Waals surface area contributed by atoms with Crippen LogP contribution in [0.25, 0.3) is 0 Å². The minimum Gasteiger partial charge on any atom is -0.423 e. The van der Waals surface area contributed by atoms with Crippen molar-refractivity contribution >= 4 is 5.97 Å². The topological polar surface area (TPSA) is 26.3 Å². The van der Waals surface area contributed by atoms with Crippen LogP contribution in [0.2, 0.25) is 0 Å². The number of esters is 1. The molecule has 0 bridgehead atoms. The van der Waals surface area contributed by atoms with Crippen LogP contribution in [0.5, 0.6) is 5.75 Å². The highest BCUT2D eigenvalue weighted by molar-refractivity contribution is 5.91. The number of benzene rings is 2. The third-order valence-corrected chi connectivity index (χ3v) is 4.99. The van der Waals surface area contributed by atoms with Gasteiger partial charge in [-0.1, -0.05) is 13.0 Å². The summed E-state index contributed by atoms with van der Waals surface area (Å²) in [4.78, 5) is 12.2. The van der Waals surface area contributed by atoms with Crippen molar-refractivity contribution in [3.8, 4) is 5.75 Å². The van der Waals surface area contributed by atoms with E-state index in [0.29, 0.717) is 0 Å². The van der Waals surface area contributed by atoms with Crippen molar-refractivity contribution in [2.24, 2.45) is 0 Å². The lowest BCUT2D eigenvalue weighted by molar-refractivity contribution is 0.0729.